The molecule has 2 aromatic rings. The van der Waals surface area contributed by atoms with Crippen molar-refractivity contribution in [2.75, 3.05) is 6.61 Å². The maximum atomic E-state index is 13.5. The molecule has 0 unspecified atom stereocenters. The average Bonchev–Trinajstić information content (AvgIpc) is 2.40. The Bertz CT molecular complexity index is 656. The zero-order valence-corrected chi connectivity index (χ0v) is 12.2. The highest BCUT2D eigenvalue weighted by Gasteiger charge is 2.13. The summed E-state index contributed by atoms with van der Waals surface area (Å²) in [7, 11) is 0. The third-order valence-electron chi connectivity index (χ3n) is 2.66. The molecule has 2 rings (SSSR count). The Morgan fingerprint density at radius 1 is 1.25 bits per heavy atom. The molecule has 0 aliphatic heterocycles. The quantitative estimate of drug-likeness (QED) is 0.612. The summed E-state index contributed by atoms with van der Waals surface area (Å²) in [6.07, 6.45) is 0. The number of carbonyl (C=O) groups is 1. The van der Waals surface area contributed by atoms with Crippen LogP contribution in [0.15, 0.2) is 40.9 Å². The number of carbonyl (C=O) groups excluding carboxylic acids is 1. The van der Waals surface area contributed by atoms with Gasteiger partial charge in [0.15, 0.2) is 24.0 Å². The maximum Gasteiger partial charge on any atom is 0.200 e. The minimum absolute atomic E-state index is 0.294. The second-order valence-electron chi connectivity index (χ2n) is 4.28. The van der Waals surface area contributed by atoms with Gasteiger partial charge in [-0.2, -0.15) is 4.39 Å². The SMILES string of the molecule is Cc1cccc(C(=O)COc2cc(Br)cc(F)c2F)c1. The molecule has 20 heavy (non-hydrogen) atoms. The van der Waals surface area contributed by atoms with Crippen LogP contribution in [0.2, 0.25) is 0 Å². The summed E-state index contributed by atoms with van der Waals surface area (Å²) >= 11 is 3.04. The van der Waals surface area contributed by atoms with Crippen molar-refractivity contribution >= 4 is 21.7 Å². The van der Waals surface area contributed by atoms with Crippen LogP contribution in [-0.4, -0.2) is 12.4 Å². The summed E-state index contributed by atoms with van der Waals surface area (Å²) in [4.78, 5) is 11.9. The maximum absolute atomic E-state index is 13.5. The van der Waals surface area contributed by atoms with E-state index in [2.05, 4.69) is 15.9 Å². The molecule has 0 bridgehead atoms. The van der Waals surface area contributed by atoms with Crippen molar-refractivity contribution in [3.8, 4) is 5.75 Å². The van der Waals surface area contributed by atoms with Crippen molar-refractivity contribution in [1.82, 2.24) is 0 Å². The van der Waals surface area contributed by atoms with Gasteiger partial charge < -0.3 is 4.74 Å². The molecule has 0 aromatic heterocycles. The molecular weight excluding hydrogens is 330 g/mol. The normalized spacial score (nSPS) is 10.4. The van der Waals surface area contributed by atoms with Crippen LogP contribution >= 0.6 is 15.9 Å². The fourth-order valence-corrected chi connectivity index (χ4v) is 2.09. The first-order valence-electron chi connectivity index (χ1n) is 5.84. The van der Waals surface area contributed by atoms with Gasteiger partial charge in [0.2, 0.25) is 5.82 Å². The third kappa shape index (κ3) is 3.42. The van der Waals surface area contributed by atoms with Crippen molar-refractivity contribution in [3.05, 3.63) is 63.6 Å². The first kappa shape index (κ1) is 14.7. The zero-order chi connectivity index (χ0) is 14.7. The predicted molar refractivity (Wildman–Crippen MR) is 75.1 cm³/mol. The van der Waals surface area contributed by atoms with Crippen molar-refractivity contribution in [2.24, 2.45) is 0 Å². The molecule has 0 heterocycles. The molecule has 104 valence electrons. The number of Topliss-reactive ketones (excluding diaryl/α,β-unsaturated/α-hetero) is 1. The van der Waals surface area contributed by atoms with Crippen molar-refractivity contribution in [3.63, 3.8) is 0 Å². The van der Waals surface area contributed by atoms with E-state index in [1.165, 1.54) is 6.07 Å². The second-order valence-corrected chi connectivity index (χ2v) is 5.20. The molecule has 0 aliphatic carbocycles. The molecule has 5 heteroatoms. The number of aryl methyl sites for hydroxylation is 1. The van der Waals surface area contributed by atoms with Crippen LogP contribution in [0.25, 0.3) is 0 Å². The molecule has 2 aromatic carbocycles. The minimum Gasteiger partial charge on any atom is -0.482 e. The lowest BCUT2D eigenvalue weighted by molar-refractivity contribution is 0.0918. The number of hydrogen-bond donors (Lipinski definition) is 0. The zero-order valence-electron chi connectivity index (χ0n) is 10.6. The van der Waals surface area contributed by atoms with E-state index in [-0.39, 0.29) is 18.1 Å². The van der Waals surface area contributed by atoms with E-state index >= 15 is 0 Å². The van der Waals surface area contributed by atoms with Gasteiger partial charge in [-0.15, -0.1) is 0 Å². The van der Waals surface area contributed by atoms with Gasteiger partial charge in [0.05, 0.1) is 0 Å². The molecule has 0 radical (unpaired) electrons. The third-order valence-corrected chi connectivity index (χ3v) is 3.12. The molecule has 0 aliphatic rings. The molecule has 0 saturated heterocycles. The Balaban J connectivity index is 2.11. The van der Waals surface area contributed by atoms with Crippen LogP contribution in [0.3, 0.4) is 0 Å². The molecule has 2 nitrogen and oxygen atoms in total. The van der Waals surface area contributed by atoms with Gasteiger partial charge in [0.1, 0.15) is 0 Å². The Labute approximate surface area is 123 Å². The van der Waals surface area contributed by atoms with Crippen LogP contribution in [0.5, 0.6) is 5.75 Å². The largest absolute Gasteiger partial charge is 0.482 e. The number of ether oxygens (including phenoxy) is 1. The lowest BCUT2D eigenvalue weighted by Gasteiger charge is -2.08. The van der Waals surface area contributed by atoms with E-state index in [0.29, 0.717) is 10.0 Å². The monoisotopic (exact) mass is 340 g/mol. The van der Waals surface area contributed by atoms with E-state index in [9.17, 15) is 13.6 Å². The van der Waals surface area contributed by atoms with Gasteiger partial charge in [0, 0.05) is 10.0 Å². The van der Waals surface area contributed by atoms with Crippen LogP contribution < -0.4 is 4.74 Å². The van der Waals surface area contributed by atoms with Gasteiger partial charge in [-0.1, -0.05) is 39.7 Å². The number of halogens is 3. The average molecular weight is 341 g/mol. The Kier molecular flexibility index (Phi) is 4.49. The summed E-state index contributed by atoms with van der Waals surface area (Å²) < 4.78 is 32.0. The summed E-state index contributed by atoms with van der Waals surface area (Å²) in [5.41, 5.74) is 1.41. The Hall–Kier alpha value is -1.75. The van der Waals surface area contributed by atoms with Crippen molar-refractivity contribution in [2.45, 2.75) is 6.92 Å². The van der Waals surface area contributed by atoms with E-state index in [1.54, 1.807) is 18.2 Å². The Morgan fingerprint density at radius 3 is 2.70 bits per heavy atom. The van der Waals surface area contributed by atoms with Gasteiger partial charge in [-0.25, -0.2) is 4.39 Å². The first-order chi connectivity index (χ1) is 9.47. The highest BCUT2D eigenvalue weighted by Crippen LogP contribution is 2.25. The van der Waals surface area contributed by atoms with E-state index in [1.807, 2.05) is 13.0 Å². The molecule has 0 atom stereocenters. The van der Waals surface area contributed by atoms with Gasteiger partial charge in [-0.3, -0.25) is 4.79 Å². The topological polar surface area (TPSA) is 26.3 Å². The van der Waals surface area contributed by atoms with E-state index in [0.717, 1.165) is 11.6 Å². The van der Waals surface area contributed by atoms with Crippen molar-refractivity contribution < 1.29 is 18.3 Å². The highest BCUT2D eigenvalue weighted by atomic mass is 79.9. The fourth-order valence-electron chi connectivity index (χ4n) is 1.68. The minimum atomic E-state index is -1.11. The van der Waals surface area contributed by atoms with Crippen LogP contribution in [-0.2, 0) is 0 Å². The molecule has 0 amide bonds. The van der Waals surface area contributed by atoms with E-state index < -0.39 is 11.6 Å². The highest BCUT2D eigenvalue weighted by molar-refractivity contribution is 9.10. The summed E-state index contributed by atoms with van der Waals surface area (Å²) in [5.74, 6) is -2.73. The molecule has 0 N–H and O–H groups in total. The van der Waals surface area contributed by atoms with Gasteiger partial charge in [-0.05, 0) is 25.1 Å². The first-order valence-corrected chi connectivity index (χ1v) is 6.64. The molecule has 0 saturated carbocycles. The predicted octanol–water partition coefficient (Wildman–Crippen LogP) is 4.30. The number of ketones is 1. The van der Waals surface area contributed by atoms with Crippen LogP contribution in [0.4, 0.5) is 8.78 Å². The molecular formula is C15H11BrF2O2. The number of rotatable bonds is 4. The van der Waals surface area contributed by atoms with Crippen LogP contribution in [0, 0.1) is 18.6 Å². The van der Waals surface area contributed by atoms with Gasteiger partial charge >= 0.3 is 0 Å². The van der Waals surface area contributed by atoms with Crippen LogP contribution in [0.1, 0.15) is 15.9 Å². The standard InChI is InChI=1S/C15H11BrF2O2/c1-9-3-2-4-10(5-9)13(19)8-20-14-7-11(16)6-12(17)15(14)18/h2-7H,8H2,1H3. The second kappa shape index (κ2) is 6.13. The van der Waals surface area contributed by atoms with Crippen molar-refractivity contribution in [1.29, 1.82) is 0 Å². The van der Waals surface area contributed by atoms with Gasteiger partial charge in [0.25, 0.3) is 0 Å². The summed E-state index contributed by atoms with van der Waals surface area (Å²) in [6, 6.07) is 9.25. The van der Waals surface area contributed by atoms with E-state index in [4.69, 9.17) is 4.74 Å². The smallest absolute Gasteiger partial charge is 0.200 e. The Morgan fingerprint density at radius 2 is 2.00 bits per heavy atom. The molecule has 0 spiro atoms. The number of benzene rings is 2. The fraction of sp³-hybridized carbons (Fsp3) is 0.133. The lowest BCUT2D eigenvalue weighted by atomic mass is 10.1. The molecule has 0 fully saturated rings. The lowest BCUT2D eigenvalue weighted by Crippen LogP contribution is -2.12. The number of hydrogen-bond acceptors (Lipinski definition) is 2. The summed E-state index contributed by atoms with van der Waals surface area (Å²) in [6.45, 7) is 1.51. The summed E-state index contributed by atoms with van der Waals surface area (Å²) in [5, 5.41) is 0.